The summed E-state index contributed by atoms with van der Waals surface area (Å²) >= 11 is 1.14. The van der Waals surface area contributed by atoms with Crippen molar-refractivity contribution in [3.05, 3.63) is 16.0 Å². The summed E-state index contributed by atoms with van der Waals surface area (Å²) in [6.45, 7) is 5.49. The van der Waals surface area contributed by atoms with Gasteiger partial charge in [-0.05, 0) is 26.3 Å². The minimum atomic E-state index is -0.264. The second-order valence-electron chi connectivity index (χ2n) is 4.00. The van der Waals surface area contributed by atoms with Crippen molar-refractivity contribution in [2.45, 2.75) is 26.8 Å². The van der Waals surface area contributed by atoms with Crippen LogP contribution in [0.2, 0.25) is 0 Å². The Kier molecular flexibility index (Phi) is 4.11. The van der Waals surface area contributed by atoms with Gasteiger partial charge in [-0.3, -0.25) is 9.59 Å². The Hall–Kier alpha value is -1.56. The number of nitrogens with one attached hydrogen (secondary N) is 2. The van der Waals surface area contributed by atoms with Crippen LogP contribution >= 0.6 is 11.3 Å². The largest absolute Gasteiger partial charge is 0.390 e. The van der Waals surface area contributed by atoms with Gasteiger partial charge in [0.25, 0.3) is 11.8 Å². The van der Waals surface area contributed by atoms with Crippen molar-refractivity contribution in [3.8, 4) is 0 Å². The van der Waals surface area contributed by atoms with Crippen LogP contribution in [-0.4, -0.2) is 24.9 Å². The van der Waals surface area contributed by atoms with E-state index in [0.717, 1.165) is 11.3 Å². The van der Waals surface area contributed by atoms with Crippen molar-refractivity contribution in [2.75, 3.05) is 12.8 Å². The number of nitrogens with two attached hydrogens (primary N) is 1. The van der Waals surface area contributed by atoms with Gasteiger partial charge in [-0.1, -0.05) is 0 Å². The van der Waals surface area contributed by atoms with Gasteiger partial charge in [0.15, 0.2) is 0 Å². The summed E-state index contributed by atoms with van der Waals surface area (Å²) < 4.78 is 0. The van der Waals surface area contributed by atoms with Gasteiger partial charge in [0.2, 0.25) is 0 Å². The van der Waals surface area contributed by atoms with E-state index in [4.69, 9.17) is 5.73 Å². The fourth-order valence-electron chi connectivity index (χ4n) is 1.49. The monoisotopic (exact) mass is 255 g/mol. The van der Waals surface area contributed by atoms with Crippen molar-refractivity contribution in [2.24, 2.45) is 0 Å². The first-order chi connectivity index (χ1) is 7.88. The van der Waals surface area contributed by atoms with Crippen LogP contribution in [0.5, 0.6) is 0 Å². The predicted octanol–water partition coefficient (Wildman–Crippen LogP) is 1.14. The van der Waals surface area contributed by atoms with Crippen LogP contribution in [0.3, 0.4) is 0 Å². The number of nitrogen functional groups attached to an aromatic ring is 1. The Balaban J connectivity index is 3.12. The van der Waals surface area contributed by atoms with Crippen LogP contribution < -0.4 is 16.4 Å². The van der Waals surface area contributed by atoms with Gasteiger partial charge in [-0.15, -0.1) is 11.3 Å². The highest BCUT2D eigenvalue weighted by Crippen LogP contribution is 2.30. The molecule has 0 bridgehead atoms. The number of hydrogen-bond donors (Lipinski definition) is 3. The van der Waals surface area contributed by atoms with E-state index in [0.29, 0.717) is 21.0 Å². The van der Waals surface area contributed by atoms with E-state index in [2.05, 4.69) is 10.6 Å². The Morgan fingerprint density at radius 3 is 2.35 bits per heavy atom. The highest BCUT2D eigenvalue weighted by molar-refractivity contribution is 7.18. The lowest BCUT2D eigenvalue weighted by Gasteiger charge is -2.07. The molecule has 4 N–H and O–H groups in total. The molecule has 6 heteroatoms. The van der Waals surface area contributed by atoms with Crippen molar-refractivity contribution in [3.63, 3.8) is 0 Å². The molecule has 94 valence electrons. The predicted molar refractivity (Wildman–Crippen MR) is 69.5 cm³/mol. The van der Waals surface area contributed by atoms with Crippen LogP contribution in [-0.2, 0) is 0 Å². The topological polar surface area (TPSA) is 84.2 Å². The molecule has 0 unspecified atom stereocenters. The van der Waals surface area contributed by atoms with Gasteiger partial charge in [0.1, 0.15) is 0 Å². The summed E-state index contributed by atoms with van der Waals surface area (Å²) in [6.07, 6.45) is 0. The fraction of sp³-hybridized carbons (Fsp3) is 0.455. The first-order valence-electron chi connectivity index (χ1n) is 5.30. The van der Waals surface area contributed by atoms with Crippen molar-refractivity contribution in [1.29, 1.82) is 0 Å². The molecule has 0 atom stereocenters. The van der Waals surface area contributed by atoms with Gasteiger partial charge in [0, 0.05) is 13.1 Å². The average molecular weight is 255 g/mol. The molecule has 17 heavy (non-hydrogen) atoms. The Morgan fingerprint density at radius 2 is 1.88 bits per heavy atom. The van der Waals surface area contributed by atoms with Gasteiger partial charge < -0.3 is 16.4 Å². The maximum atomic E-state index is 11.9. The third-order valence-corrected chi connectivity index (χ3v) is 3.37. The number of anilines is 1. The lowest BCUT2D eigenvalue weighted by Crippen LogP contribution is -2.30. The molecule has 0 radical (unpaired) electrons. The third kappa shape index (κ3) is 2.76. The van der Waals surface area contributed by atoms with Gasteiger partial charge in [-0.2, -0.15) is 0 Å². The summed E-state index contributed by atoms with van der Waals surface area (Å²) in [7, 11) is 1.53. The second kappa shape index (κ2) is 5.18. The molecule has 1 rings (SSSR count). The van der Waals surface area contributed by atoms with E-state index in [-0.39, 0.29) is 17.9 Å². The molecule has 5 nitrogen and oxygen atoms in total. The van der Waals surface area contributed by atoms with Crippen LogP contribution in [0.15, 0.2) is 0 Å². The smallest absolute Gasteiger partial charge is 0.261 e. The SMILES string of the molecule is CNC(=O)c1c(N)sc(C(=O)NC(C)C)c1C. The fourth-order valence-corrected chi connectivity index (χ4v) is 2.46. The van der Waals surface area contributed by atoms with Gasteiger partial charge in [-0.25, -0.2) is 0 Å². The Morgan fingerprint density at radius 1 is 1.29 bits per heavy atom. The lowest BCUT2D eigenvalue weighted by molar-refractivity contribution is 0.0946. The lowest BCUT2D eigenvalue weighted by atomic mass is 10.1. The quantitative estimate of drug-likeness (QED) is 0.757. The summed E-state index contributed by atoms with van der Waals surface area (Å²) in [5, 5.41) is 5.66. The van der Waals surface area contributed by atoms with Crippen LogP contribution in [0.25, 0.3) is 0 Å². The molecule has 0 aromatic carbocycles. The molecule has 1 aromatic heterocycles. The molecular weight excluding hydrogens is 238 g/mol. The van der Waals surface area contributed by atoms with E-state index in [1.54, 1.807) is 6.92 Å². The van der Waals surface area contributed by atoms with Crippen molar-refractivity contribution < 1.29 is 9.59 Å². The number of rotatable bonds is 3. The molecule has 0 saturated carbocycles. The summed E-state index contributed by atoms with van der Waals surface area (Å²) in [4.78, 5) is 24.0. The third-order valence-electron chi connectivity index (χ3n) is 2.25. The molecule has 2 amide bonds. The molecule has 0 spiro atoms. The normalized spacial score (nSPS) is 10.4. The Bertz CT molecular complexity index is 452. The van der Waals surface area contributed by atoms with Crippen LogP contribution in [0, 0.1) is 6.92 Å². The summed E-state index contributed by atoms with van der Waals surface area (Å²) in [5.74, 6) is -0.454. The first-order valence-corrected chi connectivity index (χ1v) is 6.12. The standard InChI is InChI=1S/C11H17N3O2S/c1-5(2)14-11(16)8-6(3)7(9(12)17-8)10(15)13-4/h5H,12H2,1-4H3,(H,13,15)(H,14,16). The zero-order chi connectivity index (χ0) is 13.2. The van der Waals surface area contributed by atoms with Crippen LogP contribution in [0.1, 0.15) is 39.4 Å². The van der Waals surface area contributed by atoms with E-state index in [9.17, 15) is 9.59 Å². The van der Waals surface area contributed by atoms with Gasteiger partial charge >= 0.3 is 0 Å². The van der Waals surface area contributed by atoms with Crippen molar-refractivity contribution >= 4 is 28.2 Å². The van der Waals surface area contributed by atoms with E-state index >= 15 is 0 Å². The molecule has 0 saturated heterocycles. The highest BCUT2D eigenvalue weighted by atomic mass is 32.1. The minimum absolute atomic E-state index is 0.0497. The highest BCUT2D eigenvalue weighted by Gasteiger charge is 2.22. The molecule has 1 heterocycles. The molecule has 0 aliphatic heterocycles. The average Bonchev–Trinajstić information content (AvgIpc) is 2.52. The minimum Gasteiger partial charge on any atom is -0.390 e. The first kappa shape index (κ1) is 13.5. The summed E-state index contributed by atoms with van der Waals surface area (Å²) in [6, 6.07) is 0.0497. The zero-order valence-electron chi connectivity index (χ0n) is 10.4. The number of carbonyl (C=O) groups excluding carboxylic acids is 2. The maximum absolute atomic E-state index is 11.9. The number of hydrogen-bond acceptors (Lipinski definition) is 4. The zero-order valence-corrected chi connectivity index (χ0v) is 11.2. The molecular formula is C11H17N3O2S. The van der Waals surface area contributed by atoms with Crippen LogP contribution in [0.4, 0.5) is 5.00 Å². The molecule has 1 aromatic rings. The number of thiophene rings is 1. The number of carbonyl (C=O) groups is 2. The molecule has 0 aliphatic carbocycles. The van der Waals surface area contributed by atoms with E-state index < -0.39 is 0 Å². The molecule has 0 aliphatic rings. The van der Waals surface area contributed by atoms with Gasteiger partial charge in [0.05, 0.1) is 15.4 Å². The number of amides is 2. The van der Waals surface area contributed by atoms with E-state index in [1.165, 1.54) is 7.05 Å². The Labute approximate surface area is 104 Å². The van der Waals surface area contributed by atoms with Crippen molar-refractivity contribution in [1.82, 2.24) is 10.6 Å². The second-order valence-corrected chi connectivity index (χ2v) is 5.05. The van der Waals surface area contributed by atoms with E-state index in [1.807, 2.05) is 13.8 Å². The summed E-state index contributed by atoms with van der Waals surface area (Å²) in [5.41, 5.74) is 6.79. The maximum Gasteiger partial charge on any atom is 0.261 e. The molecule has 0 fully saturated rings.